The summed E-state index contributed by atoms with van der Waals surface area (Å²) in [5.74, 6) is 0.403. The fourth-order valence-electron chi connectivity index (χ4n) is 3.37. The third-order valence-corrected chi connectivity index (χ3v) is 4.67. The van der Waals surface area contributed by atoms with Gasteiger partial charge in [0.2, 0.25) is 0 Å². The van der Waals surface area contributed by atoms with Crippen LogP contribution in [0.25, 0.3) is 0 Å². The maximum Gasteiger partial charge on any atom is 0.123 e. The predicted octanol–water partition coefficient (Wildman–Crippen LogP) is 3.66. The van der Waals surface area contributed by atoms with Gasteiger partial charge in [0.25, 0.3) is 0 Å². The lowest BCUT2D eigenvalue weighted by molar-refractivity contribution is 0.132. The van der Waals surface area contributed by atoms with Crippen LogP contribution in [0.15, 0.2) is 24.3 Å². The molecule has 23 heavy (non-hydrogen) atoms. The zero-order valence-corrected chi connectivity index (χ0v) is 14.3. The largest absolute Gasteiger partial charge is 0.302 e. The molecule has 0 radical (unpaired) electrons. The molecule has 0 amide bonds. The van der Waals surface area contributed by atoms with E-state index in [0.717, 1.165) is 45.6 Å². The quantitative estimate of drug-likeness (QED) is 0.750. The number of hydrogen-bond acceptors (Lipinski definition) is 3. The van der Waals surface area contributed by atoms with Crippen molar-refractivity contribution in [2.45, 2.75) is 45.7 Å². The first-order valence-electron chi connectivity index (χ1n) is 8.68. The molecule has 1 aliphatic heterocycles. The smallest absolute Gasteiger partial charge is 0.123 e. The van der Waals surface area contributed by atoms with E-state index in [9.17, 15) is 4.39 Å². The number of hydrogen-bond donors (Lipinski definition) is 0. The molecule has 1 atom stereocenters. The van der Waals surface area contributed by atoms with Crippen LogP contribution in [-0.2, 0) is 6.54 Å². The Morgan fingerprint density at radius 1 is 1.26 bits per heavy atom. The minimum atomic E-state index is -0.173. The Morgan fingerprint density at radius 3 is 2.65 bits per heavy atom. The molecule has 1 aromatic rings. The Hall–Kier alpha value is -1.44. The fourth-order valence-corrected chi connectivity index (χ4v) is 3.37. The monoisotopic (exact) mass is 317 g/mol. The molecule has 0 spiro atoms. The first-order valence-corrected chi connectivity index (χ1v) is 8.68. The van der Waals surface area contributed by atoms with E-state index in [1.54, 1.807) is 12.1 Å². The van der Waals surface area contributed by atoms with Crippen molar-refractivity contribution in [1.29, 1.82) is 5.26 Å². The topological polar surface area (TPSA) is 30.3 Å². The Balaban J connectivity index is 2.00. The van der Waals surface area contributed by atoms with Crippen LogP contribution < -0.4 is 0 Å². The highest BCUT2D eigenvalue weighted by molar-refractivity contribution is 5.16. The van der Waals surface area contributed by atoms with Crippen LogP contribution in [-0.4, -0.2) is 42.0 Å². The first kappa shape index (κ1) is 17.9. The minimum absolute atomic E-state index is 0.173. The van der Waals surface area contributed by atoms with E-state index in [0.29, 0.717) is 18.4 Å². The molecule has 126 valence electrons. The van der Waals surface area contributed by atoms with Crippen LogP contribution in [0.5, 0.6) is 0 Å². The second kappa shape index (κ2) is 9.00. The van der Waals surface area contributed by atoms with Crippen LogP contribution in [0.4, 0.5) is 4.39 Å². The Kier molecular flexibility index (Phi) is 7.01. The molecule has 0 N–H and O–H groups in total. The predicted molar refractivity (Wildman–Crippen MR) is 91.3 cm³/mol. The molecule has 1 saturated heterocycles. The van der Waals surface area contributed by atoms with Gasteiger partial charge in [0.1, 0.15) is 5.82 Å². The van der Waals surface area contributed by atoms with Crippen LogP contribution in [0.2, 0.25) is 0 Å². The van der Waals surface area contributed by atoms with Crippen LogP contribution in [0, 0.1) is 23.1 Å². The lowest BCUT2D eigenvalue weighted by atomic mass is 10.0. The fraction of sp³-hybridized carbons (Fsp3) is 0.632. The van der Waals surface area contributed by atoms with Crippen molar-refractivity contribution < 1.29 is 4.39 Å². The van der Waals surface area contributed by atoms with Crippen molar-refractivity contribution >= 4 is 0 Å². The van der Waals surface area contributed by atoms with Gasteiger partial charge in [-0.3, -0.25) is 4.90 Å². The molecule has 0 bridgehead atoms. The van der Waals surface area contributed by atoms with Gasteiger partial charge in [0.05, 0.1) is 6.07 Å². The number of nitriles is 1. The van der Waals surface area contributed by atoms with Crippen molar-refractivity contribution in [1.82, 2.24) is 9.80 Å². The zero-order valence-electron chi connectivity index (χ0n) is 14.3. The number of benzene rings is 1. The minimum Gasteiger partial charge on any atom is -0.302 e. The van der Waals surface area contributed by atoms with Gasteiger partial charge in [-0.05, 0) is 49.5 Å². The van der Waals surface area contributed by atoms with E-state index in [4.69, 9.17) is 5.26 Å². The van der Waals surface area contributed by atoms with Gasteiger partial charge in [-0.1, -0.05) is 26.0 Å². The standard InChI is InChI=1S/C19H28FN3/c1-16(2)19-15-22(11-4-3-10-21)12-5-13-23(19)14-17-6-8-18(20)9-7-17/h6-9,16,19H,3-5,11-15H2,1-2H3. The Bertz CT molecular complexity index is 506. The van der Waals surface area contributed by atoms with Crippen molar-refractivity contribution in [2.75, 3.05) is 26.2 Å². The molecule has 0 aliphatic carbocycles. The number of nitrogens with zero attached hydrogens (tertiary/aromatic N) is 3. The highest BCUT2D eigenvalue weighted by Gasteiger charge is 2.27. The SMILES string of the molecule is CC(C)C1CN(CCCC#N)CCCN1Cc1ccc(F)cc1. The maximum atomic E-state index is 13.1. The molecule has 1 fully saturated rings. The summed E-state index contributed by atoms with van der Waals surface area (Å²) < 4.78 is 13.1. The molecule has 2 rings (SSSR count). The highest BCUT2D eigenvalue weighted by Crippen LogP contribution is 2.20. The first-order chi connectivity index (χ1) is 11.1. The summed E-state index contributed by atoms with van der Waals surface area (Å²) in [5.41, 5.74) is 1.18. The third-order valence-electron chi connectivity index (χ3n) is 4.67. The van der Waals surface area contributed by atoms with E-state index < -0.39 is 0 Å². The van der Waals surface area contributed by atoms with Crippen molar-refractivity contribution in [3.8, 4) is 6.07 Å². The van der Waals surface area contributed by atoms with E-state index in [1.807, 2.05) is 12.1 Å². The number of rotatable bonds is 6. The Labute approximate surface area is 139 Å². The average Bonchev–Trinajstić information content (AvgIpc) is 2.72. The van der Waals surface area contributed by atoms with Crippen LogP contribution in [0.3, 0.4) is 0 Å². The second-order valence-electron chi connectivity index (χ2n) is 6.82. The average molecular weight is 317 g/mol. The number of unbranched alkanes of at least 4 members (excludes halogenated alkanes) is 1. The van der Waals surface area contributed by atoms with E-state index in [-0.39, 0.29) is 5.82 Å². The summed E-state index contributed by atoms with van der Waals surface area (Å²) in [7, 11) is 0. The van der Waals surface area contributed by atoms with Gasteiger partial charge >= 0.3 is 0 Å². The molecule has 1 heterocycles. The van der Waals surface area contributed by atoms with Crippen molar-refractivity contribution in [2.24, 2.45) is 5.92 Å². The molecule has 1 aliphatic rings. The normalized spacial score (nSPS) is 20.4. The Morgan fingerprint density at radius 2 is 2.00 bits per heavy atom. The van der Waals surface area contributed by atoms with Gasteiger partial charge in [-0.25, -0.2) is 4.39 Å². The van der Waals surface area contributed by atoms with Crippen molar-refractivity contribution in [3.63, 3.8) is 0 Å². The summed E-state index contributed by atoms with van der Waals surface area (Å²) in [4.78, 5) is 5.05. The molecule has 1 unspecified atom stereocenters. The van der Waals surface area contributed by atoms with Gasteiger partial charge in [-0.2, -0.15) is 5.26 Å². The van der Waals surface area contributed by atoms with Gasteiger partial charge < -0.3 is 4.90 Å². The summed E-state index contributed by atoms with van der Waals surface area (Å²) in [6.07, 6.45) is 2.75. The van der Waals surface area contributed by atoms with E-state index in [2.05, 4.69) is 29.7 Å². The number of halogens is 1. The van der Waals surface area contributed by atoms with Crippen LogP contribution in [0.1, 0.15) is 38.7 Å². The molecule has 4 heteroatoms. The lowest BCUT2D eigenvalue weighted by Gasteiger charge is -2.34. The molecule has 1 aromatic carbocycles. The summed E-state index contributed by atoms with van der Waals surface area (Å²) in [6, 6.07) is 9.62. The summed E-state index contributed by atoms with van der Waals surface area (Å²) in [6.45, 7) is 9.70. The van der Waals surface area contributed by atoms with Gasteiger partial charge in [0, 0.05) is 32.1 Å². The summed E-state index contributed by atoms with van der Waals surface area (Å²) in [5, 5.41) is 8.71. The zero-order chi connectivity index (χ0) is 16.7. The maximum absolute atomic E-state index is 13.1. The van der Waals surface area contributed by atoms with Gasteiger partial charge in [-0.15, -0.1) is 0 Å². The molecular formula is C19H28FN3. The highest BCUT2D eigenvalue weighted by atomic mass is 19.1. The van der Waals surface area contributed by atoms with E-state index in [1.165, 1.54) is 5.56 Å². The molecular weight excluding hydrogens is 289 g/mol. The van der Waals surface area contributed by atoms with E-state index >= 15 is 0 Å². The molecule has 0 aromatic heterocycles. The van der Waals surface area contributed by atoms with Crippen LogP contribution >= 0.6 is 0 Å². The molecule has 3 nitrogen and oxygen atoms in total. The lowest BCUT2D eigenvalue weighted by Crippen LogP contribution is -2.44. The molecule has 0 saturated carbocycles. The summed E-state index contributed by atoms with van der Waals surface area (Å²) >= 11 is 0. The van der Waals surface area contributed by atoms with Crippen molar-refractivity contribution in [3.05, 3.63) is 35.6 Å². The second-order valence-corrected chi connectivity index (χ2v) is 6.82. The van der Waals surface area contributed by atoms with Gasteiger partial charge in [0.15, 0.2) is 0 Å². The third kappa shape index (κ3) is 5.60.